The SMILES string of the molecule is CC(C)(C)N(NC(=O)c1ncncn1)C(=O)c1ccc(Cl)cc1. The molecule has 0 spiro atoms. The molecule has 8 heteroatoms. The number of carbonyl (C=O) groups excluding carboxylic acids is 2. The Hall–Kier alpha value is -2.54. The zero-order valence-corrected chi connectivity index (χ0v) is 13.7. The van der Waals surface area contributed by atoms with E-state index in [9.17, 15) is 9.59 Å². The van der Waals surface area contributed by atoms with Gasteiger partial charge in [0.1, 0.15) is 12.7 Å². The van der Waals surface area contributed by atoms with Crippen molar-refractivity contribution >= 4 is 23.4 Å². The molecule has 0 aliphatic rings. The Morgan fingerprint density at radius 1 is 1.09 bits per heavy atom. The van der Waals surface area contributed by atoms with Crippen LogP contribution in [0.1, 0.15) is 41.7 Å². The molecular weight excluding hydrogens is 318 g/mol. The van der Waals surface area contributed by atoms with Crippen molar-refractivity contribution in [3.05, 3.63) is 53.3 Å². The van der Waals surface area contributed by atoms with Crippen LogP contribution in [0.25, 0.3) is 0 Å². The number of amides is 2. The molecule has 1 heterocycles. The third-order valence-electron chi connectivity index (χ3n) is 2.87. The van der Waals surface area contributed by atoms with E-state index in [2.05, 4.69) is 20.4 Å². The maximum absolute atomic E-state index is 12.7. The summed E-state index contributed by atoms with van der Waals surface area (Å²) in [6.45, 7) is 5.40. The first-order chi connectivity index (χ1) is 10.8. The van der Waals surface area contributed by atoms with Crippen molar-refractivity contribution in [2.75, 3.05) is 0 Å². The van der Waals surface area contributed by atoms with Crippen molar-refractivity contribution in [1.82, 2.24) is 25.4 Å². The lowest BCUT2D eigenvalue weighted by Gasteiger charge is -2.35. The maximum Gasteiger partial charge on any atom is 0.307 e. The highest BCUT2D eigenvalue weighted by Crippen LogP contribution is 2.17. The molecule has 0 aliphatic heterocycles. The standard InChI is InChI=1S/C15H16ClN5O2/c1-15(2,3)21(14(23)10-4-6-11(16)7-5-10)20-13(22)12-18-8-17-9-19-12/h4-9H,1-3H3,(H,20,22). The maximum atomic E-state index is 12.7. The summed E-state index contributed by atoms with van der Waals surface area (Å²) in [5.74, 6) is -1.03. The van der Waals surface area contributed by atoms with Gasteiger partial charge < -0.3 is 0 Å². The van der Waals surface area contributed by atoms with Gasteiger partial charge in [0.25, 0.3) is 5.91 Å². The second kappa shape index (κ2) is 6.70. The van der Waals surface area contributed by atoms with E-state index in [0.717, 1.165) is 0 Å². The molecule has 0 aliphatic carbocycles. The number of nitrogens with one attached hydrogen (secondary N) is 1. The molecule has 7 nitrogen and oxygen atoms in total. The van der Waals surface area contributed by atoms with E-state index in [0.29, 0.717) is 10.6 Å². The Bertz CT molecular complexity index is 698. The van der Waals surface area contributed by atoms with Crippen LogP contribution in [0.4, 0.5) is 0 Å². The highest BCUT2D eigenvalue weighted by Gasteiger charge is 2.30. The fourth-order valence-electron chi connectivity index (χ4n) is 1.75. The molecule has 0 atom stereocenters. The highest BCUT2D eigenvalue weighted by atomic mass is 35.5. The second-order valence-corrected chi connectivity index (χ2v) is 6.16. The predicted molar refractivity (Wildman–Crippen MR) is 84.7 cm³/mol. The molecule has 120 valence electrons. The minimum Gasteiger partial charge on any atom is -0.267 e. The van der Waals surface area contributed by atoms with Crippen LogP contribution in [0, 0.1) is 0 Å². The molecule has 1 N–H and O–H groups in total. The Balaban J connectivity index is 2.26. The average molecular weight is 334 g/mol. The van der Waals surface area contributed by atoms with Crippen LogP contribution in [0.3, 0.4) is 0 Å². The van der Waals surface area contributed by atoms with Crippen LogP contribution in [0.15, 0.2) is 36.9 Å². The number of halogens is 1. The molecule has 0 fully saturated rings. The van der Waals surface area contributed by atoms with Gasteiger partial charge in [-0.2, -0.15) is 0 Å². The van der Waals surface area contributed by atoms with E-state index in [-0.39, 0.29) is 11.7 Å². The van der Waals surface area contributed by atoms with Crippen LogP contribution in [-0.2, 0) is 0 Å². The van der Waals surface area contributed by atoms with Crippen LogP contribution in [0.2, 0.25) is 5.02 Å². The first kappa shape index (κ1) is 16.8. The second-order valence-electron chi connectivity index (χ2n) is 5.72. The minimum atomic E-state index is -0.653. The predicted octanol–water partition coefficient (Wildman–Crippen LogP) is 2.11. The van der Waals surface area contributed by atoms with Gasteiger partial charge in [0, 0.05) is 10.6 Å². The van der Waals surface area contributed by atoms with Crippen molar-refractivity contribution in [1.29, 1.82) is 0 Å². The van der Waals surface area contributed by atoms with Crippen LogP contribution >= 0.6 is 11.6 Å². The van der Waals surface area contributed by atoms with Crippen molar-refractivity contribution in [2.45, 2.75) is 26.3 Å². The number of hydrogen-bond donors (Lipinski definition) is 1. The van der Waals surface area contributed by atoms with E-state index in [1.54, 1.807) is 45.0 Å². The zero-order valence-electron chi connectivity index (χ0n) is 12.9. The van der Waals surface area contributed by atoms with Crippen molar-refractivity contribution in [3.63, 3.8) is 0 Å². The van der Waals surface area contributed by atoms with E-state index >= 15 is 0 Å². The first-order valence-corrected chi connectivity index (χ1v) is 7.20. The molecule has 2 amide bonds. The summed E-state index contributed by atoms with van der Waals surface area (Å²) >= 11 is 5.83. The Kier molecular flexibility index (Phi) is 4.90. The van der Waals surface area contributed by atoms with Gasteiger partial charge in [-0.3, -0.25) is 15.0 Å². The average Bonchev–Trinajstić information content (AvgIpc) is 2.52. The number of carbonyl (C=O) groups is 2. The molecule has 0 saturated carbocycles. The lowest BCUT2D eigenvalue weighted by Crippen LogP contribution is -2.56. The lowest BCUT2D eigenvalue weighted by molar-refractivity contribution is 0.0354. The molecule has 0 saturated heterocycles. The van der Waals surface area contributed by atoms with Gasteiger partial charge in [0.2, 0.25) is 5.82 Å². The molecule has 1 aromatic carbocycles. The van der Waals surface area contributed by atoms with Gasteiger partial charge in [0.05, 0.1) is 5.54 Å². The third-order valence-corrected chi connectivity index (χ3v) is 3.13. The van der Waals surface area contributed by atoms with E-state index in [4.69, 9.17) is 11.6 Å². The van der Waals surface area contributed by atoms with Crippen molar-refractivity contribution < 1.29 is 9.59 Å². The van der Waals surface area contributed by atoms with Gasteiger partial charge in [-0.25, -0.2) is 20.0 Å². The molecule has 1 aromatic heterocycles. The summed E-state index contributed by atoms with van der Waals surface area (Å²) in [4.78, 5) is 36.1. The Morgan fingerprint density at radius 3 is 2.17 bits per heavy atom. The zero-order chi connectivity index (χ0) is 17.0. The first-order valence-electron chi connectivity index (χ1n) is 6.82. The van der Waals surface area contributed by atoms with Crippen LogP contribution in [-0.4, -0.2) is 37.3 Å². The summed E-state index contributed by atoms with van der Waals surface area (Å²) in [7, 11) is 0. The molecular formula is C15H16ClN5O2. The Labute approximate surface area is 138 Å². The van der Waals surface area contributed by atoms with Gasteiger partial charge in [-0.15, -0.1) is 0 Å². The molecule has 2 aromatic rings. The van der Waals surface area contributed by atoms with E-state index < -0.39 is 11.4 Å². The number of nitrogens with zero attached hydrogens (tertiary/aromatic N) is 4. The largest absolute Gasteiger partial charge is 0.307 e. The van der Waals surface area contributed by atoms with Gasteiger partial charge in [0.15, 0.2) is 0 Å². The number of hydrogen-bond acceptors (Lipinski definition) is 5. The Morgan fingerprint density at radius 2 is 1.65 bits per heavy atom. The molecule has 2 rings (SSSR count). The minimum absolute atomic E-state index is 0.0712. The van der Waals surface area contributed by atoms with Gasteiger partial charge in [-0.1, -0.05) is 11.6 Å². The summed E-state index contributed by atoms with van der Waals surface area (Å²) < 4.78 is 0. The summed E-state index contributed by atoms with van der Waals surface area (Å²) in [5.41, 5.74) is 2.29. The lowest BCUT2D eigenvalue weighted by atomic mass is 10.1. The topological polar surface area (TPSA) is 88.1 Å². The summed E-state index contributed by atoms with van der Waals surface area (Å²) in [6, 6.07) is 6.42. The molecule has 23 heavy (non-hydrogen) atoms. The fraction of sp³-hybridized carbons (Fsp3) is 0.267. The number of hydrazine groups is 1. The van der Waals surface area contributed by atoms with Gasteiger partial charge >= 0.3 is 5.91 Å². The number of aromatic nitrogens is 3. The molecule has 0 radical (unpaired) electrons. The van der Waals surface area contributed by atoms with E-state index in [1.165, 1.54) is 17.7 Å². The molecule has 0 bridgehead atoms. The van der Waals surface area contributed by atoms with E-state index in [1.807, 2.05) is 0 Å². The summed E-state index contributed by atoms with van der Waals surface area (Å²) in [5, 5.41) is 1.76. The monoisotopic (exact) mass is 333 g/mol. The van der Waals surface area contributed by atoms with Gasteiger partial charge in [-0.05, 0) is 45.0 Å². The smallest absolute Gasteiger partial charge is 0.267 e. The third kappa shape index (κ3) is 4.23. The molecule has 0 unspecified atom stereocenters. The van der Waals surface area contributed by atoms with Crippen LogP contribution in [0.5, 0.6) is 0 Å². The number of rotatable bonds is 2. The fourth-order valence-corrected chi connectivity index (χ4v) is 1.88. The summed E-state index contributed by atoms with van der Waals surface area (Å²) in [6.07, 6.45) is 2.43. The van der Waals surface area contributed by atoms with Crippen LogP contribution < -0.4 is 5.43 Å². The normalized spacial score (nSPS) is 11.0. The van der Waals surface area contributed by atoms with Crippen molar-refractivity contribution in [3.8, 4) is 0 Å². The number of benzene rings is 1. The highest BCUT2D eigenvalue weighted by molar-refractivity contribution is 6.30. The quantitative estimate of drug-likeness (QED) is 0.850. The van der Waals surface area contributed by atoms with Crippen molar-refractivity contribution in [2.24, 2.45) is 0 Å².